The second kappa shape index (κ2) is 8.03. The van der Waals surface area contributed by atoms with E-state index in [0.717, 1.165) is 0 Å². The molecule has 1 N–H and O–H groups in total. The van der Waals surface area contributed by atoms with Gasteiger partial charge in [0.2, 0.25) is 10.0 Å². The van der Waals surface area contributed by atoms with Crippen LogP contribution in [-0.2, 0) is 14.8 Å². The average Bonchev–Trinajstić information content (AvgIpc) is 3.00. The van der Waals surface area contributed by atoms with E-state index >= 15 is 0 Å². The fraction of sp³-hybridized carbons (Fsp3) is 0.562. The number of carbonyl (C=O) groups is 1. The maximum atomic E-state index is 12.5. The van der Waals surface area contributed by atoms with Crippen LogP contribution in [0.3, 0.4) is 0 Å². The highest BCUT2D eigenvalue weighted by Gasteiger charge is 2.34. The first-order valence-corrected chi connectivity index (χ1v) is 9.39. The summed E-state index contributed by atoms with van der Waals surface area (Å²) in [5, 5.41) is 2.85. The number of nitrogens with one attached hydrogen (secondary N) is 1. The maximum absolute atomic E-state index is 12.5. The van der Waals surface area contributed by atoms with E-state index in [9.17, 15) is 13.2 Å². The van der Waals surface area contributed by atoms with Gasteiger partial charge in [-0.05, 0) is 12.1 Å². The molecule has 25 heavy (non-hydrogen) atoms. The molecule has 2 rings (SSSR count). The summed E-state index contributed by atoms with van der Waals surface area (Å²) in [5.41, 5.74) is 0.373. The summed E-state index contributed by atoms with van der Waals surface area (Å²) in [5.74, 6) is 0.286. The Morgan fingerprint density at radius 3 is 2.32 bits per heavy atom. The summed E-state index contributed by atoms with van der Waals surface area (Å²) in [6.45, 7) is 0.569. The lowest BCUT2D eigenvalue weighted by Crippen LogP contribution is -2.43. The first-order valence-electron chi connectivity index (χ1n) is 7.78. The predicted octanol–water partition coefficient (Wildman–Crippen LogP) is 0.340. The van der Waals surface area contributed by atoms with E-state index in [1.54, 1.807) is 18.2 Å². The average molecular weight is 372 g/mol. The minimum absolute atomic E-state index is 0.0770. The van der Waals surface area contributed by atoms with Crippen LogP contribution >= 0.6 is 0 Å². The van der Waals surface area contributed by atoms with Gasteiger partial charge in [-0.25, -0.2) is 12.7 Å². The van der Waals surface area contributed by atoms with E-state index in [2.05, 4.69) is 5.32 Å². The van der Waals surface area contributed by atoms with Gasteiger partial charge in [-0.1, -0.05) is 0 Å². The van der Waals surface area contributed by atoms with Gasteiger partial charge >= 0.3 is 0 Å². The molecule has 0 aromatic heterocycles. The Kier molecular flexibility index (Phi) is 6.26. The monoisotopic (exact) mass is 372 g/mol. The number of nitrogens with zero attached hydrogens (tertiary/aromatic N) is 1. The molecular weight excluding hydrogens is 348 g/mol. The first-order chi connectivity index (χ1) is 11.8. The van der Waals surface area contributed by atoms with Crippen molar-refractivity contribution in [3.8, 4) is 11.5 Å². The summed E-state index contributed by atoms with van der Waals surface area (Å²) < 4.78 is 41.0. The molecule has 1 aromatic rings. The SMILES string of the molecule is COc1cc(OC)cc(C(=O)N[C@@H]2COC[C@H]2CS(=O)(=O)N(C)C)c1. The third-order valence-corrected chi connectivity index (χ3v) is 6.07. The molecule has 1 aromatic carbocycles. The van der Waals surface area contributed by atoms with Crippen LogP contribution in [0, 0.1) is 5.92 Å². The van der Waals surface area contributed by atoms with Gasteiger partial charge in [-0.15, -0.1) is 0 Å². The molecule has 1 aliphatic rings. The number of hydrogen-bond donors (Lipinski definition) is 1. The lowest BCUT2D eigenvalue weighted by atomic mass is 10.1. The minimum Gasteiger partial charge on any atom is -0.497 e. The Labute approximate surface area is 148 Å². The van der Waals surface area contributed by atoms with Gasteiger partial charge in [-0.3, -0.25) is 4.79 Å². The molecule has 0 bridgehead atoms. The molecular formula is C16H24N2O6S. The Balaban J connectivity index is 2.11. The fourth-order valence-electron chi connectivity index (χ4n) is 2.53. The normalized spacial score (nSPS) is 20.5. The van der Waals surface area contributed by atoms with Gasteiger partial charge in [0, 0.05) is 31.6 Å². The molecule has 0 spiro atoms. The van der Waals surface area contributed by atoms with E-state index in [-0.39, 0.29) is 30.2 Å². The Hall–Kier alpha value is -1.84. The molecule has 8 nitrogen and oxygen atoms in total. The van der Waals surface area contributed by atoms with Crippen LogP contribution in [0.4, 0.5) is 0 Å². The van der Waals surface area contributed by atoms with Crippen molar-refractivity contribution < 1.29 is 27.4 Å². The van der Waals surface area contributed by atoms with Gasteiger partial charge in [-0.2, -0.15) is 0 Å². The van der Waals surface area contributed by atoms with E-state index in [4.69, 9.17) is 14.2 Å². The third kappa shape index (κ3) is 4.83. The molecule has 2 atom stereocenters. The number of ether oxygens (including phenoxy) is 3. The summed E-state index contributed by atoms with van der Waals surface area (Å²) in [7, 11) is 2.61. The second-order valence-electron chi connectivity index (χ2n) is 6.04. The van der Waals surface area contributed by atoms with Gasteiger partial charge in [0.25, 0.3) is 5.91 Å². The van der Waals surface area contributed by atoms with Crippen molar-refractivity contribution in [2.24, 2.45) is 5.92 Å². The molecule has 0 radical (unpaired) electrons. The van der Waals surface area contributed by atoms with E-state index in [1.165, 1.54) is 32.6 Å². The number of methoxy groups -OCH3 is 2. The van der Waals surface area contributed by atoms with Gasteiger partial charge in [0.1, 0.15) is 11.5 Å². The second-order valence-corrected chi connectivity index (χ2v) is 8.27. The van der Waals surface area contributed by atoms with Gasteiger partial charge in [0.15, 0.2) is 0 Å². The smallest absolute Gasteiger partial charge is 0.251 e. The zero-order valence-corrected chi connectivity index (χ0v) is 15.6. The number of amides is 1. The highest BCUT2D eigenvalue weighted by atomic mass is 32.2. The van der Waals surface area contributed by atoms with Crippen LogP contribution < -0.4 is 14.8 Å². The Bertz CT molecular complexity index is 697. The zero-order valence-electron chi connectivity index (χ0n) is 14.8. The van der Waals surface area contributed by atoms with Crippen molar-refractivity contribution in [1.82, 2.24) is 9.62 Å². The lowest BCUT2D eigenvalue weighted by Gasteiger charge is -2.21. The van der Waals surface area contributed by atoms with Gasteiger partial charge < -0.3 is 19.5 Å². The number of sulfonamides is 1. The summed E-state index contributed by atoms with van der Waals surface area (Å²) in [4.78, 5) is 12.5. The van der Waals surface area contributed by atoms with Crippen LogP contribution in [-0.4, -0.2) is 72.0 Å². The van der Waals surface area contributed by atoms with E-state index < -0.39 is 10.0 Å². The van der Waals surface area contributed by atoms with Crippen molar-refractivity contribution in [2.75, 3.05) is 47.3 Å². The van der Waals surface area contributed by atoms with Crippen molar-refractivity contribution in [3.63, 3.8) is 0 Å². The number of carbonyl (C=O) groups excluding carboxylic acids is 1. The van der Waals surface area contributed by atoms with Crippen LogP contribution in [0.15, 0.2) is 18.2 Å². The largest absolute Gasteiger partial charge is 0.497 e. The highest BCUT2D eigenvalue weighted by molar-refractivity contribution is 7.89. The van der Waals surface area contributed by atoms with Gasteiger partial charge in [0.05, 0.1) is 39.2 Å². The van der Waals surface area contributed by atoms with Crippen molar-refractivity contribution >= 4 is 15.9 Å². The first kappa shape index (κ1) is 19.5. The van der Waals surface area contributed by atoms with E-state index in [1.807, 2.05) is 0 Å². The maximum Gasteiger partial charge on any atom is 0.251 e. The lowest BCUT2D eigenvalue weighted by molar-refractivity contribution is 0.0925. The Morgan fingerprint density at radius 1 is 1.20 bits per heavy atom. The summed E-state index contributed by atoms with van der Waals surface area (Å²) in [6, 6.07) is 4.49. The molecule has 1 saturated heterocycles. The van der Waals surface area contributed by atoms with Crippen molar-refractivity contribution in [1.29, 1.82) is 0 Å². The van der Waals surface area contributed by atoms with E-state index in [0.29, 0.717) is 23.7 Å². The van der Waals surface area contributed by atoms with Crippen LogP contribution in [0.2, 0.25) is 0 Å². The predicted molar refractivity (Wildman–Crippen MR) is 92.6 cm³/mol. The molecule has 0 saturated carbocycles. The quantitative estimate of drug-likeness (QED) is 0.742. The fourth-order valence-corrected chi connectivity index (χ4v) is 3.70. The van der Waals surface area contributed by atoms with Crippen LogP contribution in [0.5, 0.6) is 11.5 Å². The number of rotatable bonds is 7. The standard InChI is InChI=1S/C16H24N2O6S/c1-18(2)25(20,21)10-12-8-24-9-15(12)17-16(19)11-5-13(22-3)7-14(6-11)23-4/h5-7,12,15H,8-10H2,1-4H3,(H,17,19)/t12-,15+/m0/s1. The molecule has 1 aliphatic heterocycles. The van der Waals surface area contributed by atoms with Crippen molar-refractivity contribution in [2.45, 2.75) is 6.04 Å². The summed E-state index contributed by atoms with van der Waals surface area (Å²) in [6.07, 6.45) is 0. The third-order valence-electron chi connectivity index (χ3n) is 4.11. The molecule has 0 aliphatic carbocycles. The molecule has 0 unspecified atom stereocenters. The van der Waals surface area contributed by atoms with Crippen LogP contribution in [0.1, 0.15) is 10.4 Å². The van der Waals surface area contributed by atoms with Crippen molar-refractivity contribution in [3.05, 3.63) is 23.8 Å². The minimum atomic E-state index is -3.37. The van der Waals surface area contributed by atoms with Crippen LogP contribution in [0.25, 0.3) is 0 Å². The molecule has 1 amide bonds. The molecule has 9 heteroatoms. The zero-order chi connectivity index (χ0) is 18.6. The number of hydrogen-bond acceptors (Lipinski definition) is 6. The molecule has 1 fully saturated rings. The topological polar surface area (TPSA) is 94.2 Å². The molecule has 1 heterocycles. The highest BCUT2D eigenvalue weighted by Crippen LogP contribution is 2.23. The molecule has 140 valence electrons. The number of benzene rings is 1. The summed E-state index contributed by atoms with van der Waals surface area (Å²) >= 11 is 0. The Morgan fingerprint density at radius 2 is 1.80 bits per heavy atom.